The van der Waals surface area contributed by atoms with Crippen LogP contribution in [0.15, 0.2) is 109 Å². The minimum atomic E-state index is -5.40. The number of fused-ring (bicyclic) bond motifs is 6. The molecule has 48 heteroatoms. The molecule has 13 amide bonds. The highest BCUT2D eigenvalue weighted by Crippen LogP contribution is 2.57. The van der Waals surface area contributed by atoms with Crippen molar-refractivity contribution in [1.29, 1.82) is 5.41 Å². The molecule has 0 aromatic heterocycles. The molecule has 44 nitrogen and oxygen atoms in total. The third-order valence-electron chi connectivity index (χ3n) is 24.2. The summed E-state index contributed by atoms with van der Waals surface area (Å²) in [6.07, 6.45) is 1.94. The lowest BCUT2D eigenvalue weighted by Gasteiger charge is -2.37. The second-order valence-electron chi connectivity index (χ2n) is 36.0. The summed E-state index contributed by atoms with van der Waals surface area (Å²) >= 11 is 2.54. The van der Waals surface area contributed by atoms with E-state index in [-0.39, 0.29) is 132 Å². The van der Waals surface area contributed by atoms with Crippen LogP contribution < -0.4 is 101 Å². The number of primary amides is 1. The van der Waals surface area contributed by atoms with Gasteiger partial charge in [-0.15, -0.1) is 0 Å². The van der Waals surface area contributed by atoms with E-state index < -0.39 is 212 Å². The van der Waals surface area contributed by atoms with Crippen LogP contribution in [0.3, 0.4) is 0 Å². The summed E-state index contributed by atoms with van der Waals surface area (Å²) in [6, 6.07) is 12.1. The first-order valence-corrected chi connectivity index (χ1v) is 52.7. The summed E-state index contributed by atoms with van der Waals surface area (Å²) in [7, 11) is -2.63. The Morgan fingerprint density at radius 3 is 1.56 bits per heavy atom. The van der Waals surface area contributed by atoms with Crippen molar-refractivity contribution >= 4 is 144 Å². The van der Waals surface area contributed by atoms with Gasteiger partial charge >= 0.3 is 21.2 Å². The van der Waals surface area contributed by atoms with Gasteiger partial charge in [0.25, 0.3) is 5.91 Å². The number of amides is 13. The number of anilines is 2. The van der Waals surface area contributed by atoms with Gasteiger partial charge in [0.15, 0.2) is 11.6 Å². The fourth-order valence-electron chi connectivity index (χ4n) is 16.2. The smallest absolute Gasteiger partial charge is 0.356 e. The lowest BCUT2D eigenvalue weighted by Crippen LogP contribution is -2.63. The number of benzene rings is 5. The number of carbonyl (C=O) groups is 14. The predicted octanol–water partition coefficient (Wildman–Crippen LogP) is -0.0802. The first-order chi connectivity index (χ1) is 67.1. The highest BCUT2D eigenvalue weighted by atomic mass is 32.2. The first kappa shape index (κ1) is 115. The van der Waals surface area contributed by atoms with Crippen LogP contribution in [0.1, 0.15) is 148 Å². The number of carbonyl (C=O) groups excluding carboxylic acids is 14. The molecule has 0 unspecified atom stereocenters. The van der Waals surface area contributed by atoms with Gasteiger partial charge in [0.1, 0.15) is 84.6 Å². The van der Waals surface area contributed by atoms with E-state index in [1.807, 2.05) is 74.4 Å². The van der Waals surface area contributed by atoms with Crippen molar-refractivity contribution in [3.8, 4) is 11.5 Å². The number of hydrogen-bond donors (Lipinski definition) is 21. The molecular weight excluding hydrogens is 1920 g/mol. The van der Waals surface area contributed by atoms with Crippen LogP contribution in [-0.2, 0) is 99.3 Å². The number of esters is 1. The SMILES string of the molecule is CSCC[C@H](NC(=O)[C@H](Cc1ccccc1)NC(=O)[C@H](CCCCN)NC(=O)COCCOCCNC(=O)c1ccc2c(c1)C1(OC2=O)c2ccc(N(C)C)cc2Oc2cc(N(C)C)ccc21)C(=O)N[C@@H](CCSC)C(=O)N[C@H](C(=O)N1CCC[C@H]1C(=O)N[C@@H](Cc1ccc(P(=O)(O)O)cc1)C(=O)N[C@H](C(=O)N[C@H](C(=O)N[C@H](C(=O)N[C@@H](CCCNC(=N)N)C(N)=O)[C@@H](C)O)C(C)C)C(C)C)[C@@H](C)P(=O)(O)O. The van der Waals surface area contributed by atoms with Crippen LogP contribution >= 0.6 is 38.7 Å². The van der Waals surface area contributed by atoms with E-state index >= 15 is 4.79 Å². The number of unbranched alkanes of at least 4 members (excludes halogenated alkanes) is 1. The molecule has 0 bridgehead atoms. The Kier molecular flexibility index (Phi) is 43.9. The molecule has 1 saturated heterocycles. The zero-order valence-electron chi connectivity index (χ0n) is 81.6. The molecule has 5 aromatic rings. The molecule has 1 spiro atoms. The Morgan fingerprint density at radius 2 is 1.04 bits per heavy atom. The average Bonchev–Trinajstić information content (AvgIpc) is 1.54. The van der Waals surface area contributed by atoms with E-state index in [9.17, 15) is 96.1 Å². The van der Waals surface area contributed by atoms with Crippen LogP contribution in [0.25, 0.3) is 0 Å². The molecule has 5 aromatic carbocycles. The Morgan fingerprint density at radius 1 is 0.542 bits per heavy atom. The number of nitrogens with two attached hydrogens (primary N) is 3. The lowest BCUT2D eigenvalue weighted by molar-refractivity contribution is -0.142. The number of ether oxygens (including phenoxy) is 4. The largest absolute Gasteiger partial charge is 0.456 e. The van der Waals surface area contributed by atoms with Crippen molar-refractivity contribution in [1.82, 2.24) is 68.7 Å². The monoisotopic (exact) mass is 2060 g/mol. The number of nitrogens with zero attached hydrogens (tertiary/aromatic N) is 3. The average molecular weight is 2060 g/mol. The van der Waals surface area contributed by atoms with Crippen LogP contribution in [0.2, 0.25) is 0 Å². The minimum Gasteiger partial charge on any atom is -0.456 e. The van der Waals surface area contributed by atoms with E-state index in [1.165, 1.54) is 76.3 Å². The minimum absolute atomic E-state index is 0.0204. The summed E-state index contributed by atoms with van der Waals surface area (Å²) in [5, 5.41) is 49.0. The number of likely N-dealkylation sites (tertiary alicyclic amines) is 1. The van der Waals surface area contributed by atoms with Gasteiger partial charge in [-0.25, -0.2) is 4.79 Å². The summed E-state index contributed by atoms with van der Waals surface area (Å²) in [5.74, 6) is -13.2. The molecule has 0 radical (unpaired) electrons. The third kappa shape index (κ3) is 32.3. The fraction of sp³-hybridized carbons (Fsp3) is 0.521. The number of nitrogens with one attached hydrogen (secondary N) is 13. The van der Waals surface area contributed by atoms with Gasteiger partial charge in [-0.3, -0.25) is 76.9 Å². The zero-order chi connectivity index (χ0) is 105. The van der Waals surface area contributed by atoms with Gasteiger partial charge in [-0.05, 0) is 180 Å². The van der Waals surface area contributed by atoms with Crippen molar-refractivity contribution in [2.45, 2.75) is 196 Å². The molecule has 3 heterocycles. The Hall–Kier alpha value is -11.8. The molecule has 0 aliphatic carbocycles. The van der Waals surface area contributed by atoms with Crippen molar-refractivity contribution in [2.75, 3.05) is 115 Å². The number of hydrogen-bond acceptors (Lipinski definition) is 27. The van der Waals surface area contributed by atoms with Crippen molar-refractivity contribution in [3.63, 3.8) is 0 Å². The summed E-state index contributed by atoms with van der Waals surface area (Å²) in [5.41, 5.74) is 17.9. The second-order valence-corrected chi connectivity index (χ2v) is 41.5. The highest BCUT2D eigenvalue weighted by molar-refractivity contribution is 7.98. The molecule has 1 fully saturated rings. The Labute approximate surface area is 832 Å². The van der Waals surface area contributed by atoms with Crippen LogP contribution in [0.4, 0.5) is 11.4 Å². The molecule has 142 heavy (non-hydrogen) atoms. The highest BCUT2D eigenvalue weighted by Gasteiger charge is 2.55. The summed E-state index contributed by atoms with van der Waals surface area (Å²) < 4.78 is 50.0. The second kappa shape index (κ2) is 54.0. The van der Waals surface area contributed by atoms with E-state index in [0.29, 0.717) is 46.6 Å². The van der Waals surface area contributed by atoms with E-state index in [1.54, 1.807) is 55.0 Å². The number of aliphatic hydroxyl groups is 1. The normalized spacial score (nSPS) is 16.0. The van der Waals surface area contributed by atoms with E-state index in [2.05, 4.69) is 63.8 Å². The molecule has 778 valence electrons. The predicted molar refractivity (Wildman–Crippen MR) is 533 cm³/mol. The van der Waals surface area contributed by atoms with Gasteiger partial charge < -0.3 is 139 Å². The zero-order valence-corrected chi connectivity index (χ0v) is 85.0. The maximum Gasteiger partial charge on any atom is 0.356 e. The quantitative estimate of drug-likeness (QED) is 0.00796. The number of aliphatic hydroxyl groups excluding tert-OH is 1. The topological polar surface area (TPSA) is 667 Å². The van der Waals surface area contributed by atoms with E-state index in [4.69, 9.17) is 41.6 Å². The molecule has 13 atom stereocenters. The first-order valence-electron chi connectivity index (χ1n) is 46.6. The molecule has 3 aliphatic rings. The molecular formula is C94H135N19O25P2S2. The van der Waals surface area contributed by atoms with Gasteiger partial charge in [-0.2, -0.15) is 23.5 Å². The van der Waals surface area contributed by atoms with E-state index in [0.717, 1.165) is 35.3 Å². The van der Waals surface area contributed by atoms with Crippen molar-refractivity contribution in [2.24, 2.45) is 29.0 Å². The molecule has 24 N–H and O–H groups in total. The standard InChI is InChI=1S/C94H135N19O25P2S2/c1-52(2)76(88(124)108-77(53(3)4)89(125)109-78(54(5)114)90(126)102-66(80(96)116)23-18-38-100-93(97)98)107-86(122)71(47-57-25-30-61(31-26-57)140(132,133)134)106-87(123)72-24-19-40-113(72)91(127)79(55(6)139(129,130)131)110-84(120)69(36-45-142-12)103-83(119)68(35-44-141-11)104-85(121)70(46-56-20-14-13-15-21-56)105-82(118)67(22-16-17-37-95)101-75(115)51-136-43-42-135-41-39-99-81(117)58-27-32-62-65(48-58)94(138-92(62)128)63-33-28-59(111(7)8)49-73(63)137-74-50-60(112(9)10)29-34-64(74)94/h13-15,20-21,25-34,48-50,52-55,66-72,76-79,114H,16-19,22-24,35-47,51,95H2,1-12H3,(H2,96,116)(H,99,117)(H,101,115)(H,102,126)(H,103,119)(H,104,121)(H,105,118)(H,106,123)(H,107,122)(H,108,124)(H,109,125)(H,110,120)(H4,97,98,100)(H2,129,130,131)(H2,132,133,134)/t54-,55-,66+,67+,68+,69+,70+,71+,72+,76+,77+,78+,79+/m1/s1. The van der Waals surface area contributed by atoms with Gasteiger partial charge in [0.05, 0.1) is 42.5 Å². The maximum absolute atomic E-state index is 15.2. The van der Waals surface area contributed by atoms with Crippen LogP contribution in [0.5, 0.6) is 11.5 Å². The van der Waals surface area contributed by atoms with Crippen LogP contribution in [0, 0.1) is 17.2 Å². The lowest BCUT2D eigenvalue weighted by atomic mass is 9.77. The van der Waals surface area contributed by atoms with Crippen molar-refractivity contribution < 1.29 is 120 Å². The van der Waals surface area contributed by atoms with Crippen molar-refractivity contribution in [3.05, 3.63) is 148 Å². The van der Waals surface area contributed by atoms with Gasteiger partial charge in [0, 0.05) is 106 Å². The van der Waals surface area contributed by atoms with Gasteiger partial charge in [-0.1, -0.05) is 70.2 Å². The number of guanidine groups is 1. The number of rotatable bonds is 56. The number of thioether (sulfide) groups is 2. The van der Waals surface area contributed by atoms with Crippen LogP contribution in [-0.4, -0.2) is 301 Å². The molecule has 0 saturated carbocycles. The fourth-order valence-corrected chi connectivity index (χ4v) is 18.2. The summed E-state index contributed by atoms with van der Waals surface area (Å²) in [4.78, 5) is 247. The maximum atomic E-state index is 15.2. The Bertz CT molecular complexity index is 5330. The summed E-state index contributed by atoms with van der Waals surface area (Å²) in [6.45, 7) is 7.84. The molecule has 8 rings (SSSR count). The Balaban J connectivity index is 0.915. The molecule has 3 aliphatic heterocycles. The van der Waals surface area contributed by atoms with Gasteiger partial charge in [0.2, 0.25) is 70.9 Å². The third-order valence-corrected chi connectivity index (χ3v) is 27.8.